The lowest BCUT2D eigenvalue weighted by atomic mass is 9.93. The van der Waals surface area contributed by atoms with Crippen LogP contribution in [0.2, 0.25) is 0 Å². The molecule has 0 bridgehead atoms. The third kappa shape index (κ3) is 5.07. The van der Waals surface area contributed by atoms with E-state index >= 15 is 0 Å². The van der Waals surface area contributed by atoms with Gasteiger partial charge in [0.05, 0.1) is 5.92 Å². The number of nitrogens with one attached hydrogen (secondary N) is 1. The summed E-state index contributed by atoms with van der Waals surface area (Å²) >= 11 is 0. The molecular formula is C23H30N4O4. The number of nitrogens with two attached hydrogens (primary N) is 1. The van der Waals surface area contributed by atoms with E-state index in [1.54, 1.807) is 18.2 Å². The maximum atomic E-state index is 13.1. The van der Waals surface area contributed by atoms with E-state index in [4.69, 9.17) is 10.3 Å². The first kappa shape index (κ1) is 21.4. The Hall–Kier alpha value is -2.87. The van der Waals surface area contributed by atoms with Crippen molar-refractivity contribution < 1.29 is 19.2 Å². The van der Waals surface area contributed by atoms with Gasteiger partial charge in [-0.05, 0) is 56.7 Å². The normalized spacial score (nSPS) is 22.2. The topological polar surface area (TPSA) is 122 Å². The number of likely N-dealkylation sites (tertiary alicyclic amines) is 1. The molecule has 1 aliphatic carbocycles. The minimum atomic E-state index is -0.311. The lowest BCUT2D eigenvalue weighted by Crippen LogP contribution is -2.53. The monoisotopic (exact) mass is 426 g/mol. The number of phenols is 1. The number of nitrogens with zero attached hydrogens (tertiary/aromatic N) is 2. The molecule has 0 radical (unpaired) electrons. The standard InChI is InChI=1S/C23H30N4O4/c1-14-10-18(25-22(29)20-12-21(31-26-20)16-4-5-16)8-9-27(14)23(30)17(13-24)11-15-2-6-19(28)7-3-15/h2-3,6-7,12,14,16-18,28H,4-5,8-11,13,24H2,1H3,(H,25,29)/t14-,17-,18?/m1/s1. The van der Waals surface area contributed by atoms with Crippen LogP contribution >= 0.6 is 0 Å². The Morgan fingerprint density at radius 2 is 2.03 bits per heavy atom. The highest BCUT2D eigenvalue weighted by Gasteiger charge is 2.34. The van der Waals surface area contributed by atoms with E-state index < -0.39 is 0 Å². The molecule has 4 rings (SSSR count). The molecule has 0 spiro atoms. The highest BCUT2D eigenvalue weighted by molar-refractivity contribution is 5.92. The van der Waals surface area contributed by atoms with Crippen molar-refractivity contribution in [2.24, 2.45) is 11.7 Å². The minimum absolute atomic E-state index is 0.000230. The molecule has 4 N–H and O–H groups in total. The summed E-state index contributed by atoms with van der Waals surface area (Å²) in [6, 6.07) is 8.59. The first-order chi connectivity index (χ1) is 14.9. The van der Waals surface area contributed by atoms with Crippen LogP contribution < -0.4 is 11.1 Å². The van der Waals surface area contributed by atoms with Crippen molar-refractivity contribution in [2.75, 3.05) is 13.1 Å². The lowest BCUT2D eigenvalue weighted by molar-refractivity contribution is -0.138. The third-order valence-corrected chi connectivity index (χ3v) is 6.29. The van der Waals surface area contributed by atoms with Crippen molar-refractivity contribution in [3.8, 4) is 5.75 Å². The second kappa shape index (κ2) is 9.09. The molecule has 2 amide bonds. The molecule has 1 unspecified atom stereocenters. The Balaban J connectivity index is 1.31. The van der Waals surface area contributed by atoms with Crippen molar-refractivity contribution in [2.45, 2.75) is 57.0 Å². The summed E-state index contributed by atoms with van der Waals surface area (Å²) in [5, 5.41) is 16.4. The van der Waals surface area contributed by atoms with E-state index in [0.717, 1.165) is 24.2 Å². The zero-order chi connectivity index (χ0) is 22.0. The Morgan fingerprint density at radius 3 is 2.68 bits per heavy atom. The van der Waals surface area contributed by atoms with Gasteiger partial charge in [0.2, 0.25) is 5.91 Å². The summed E-state index contributed by atoms with van der Waals surface area (Å²) in [5.74, 6) is 0.916. The molecular weight excluding hydrogens is 396 g/mol. The van der Waals surface area contributed by atoms with Crippen LogP contribution in [0.3, 0.4) is 0 Å². The van der Waals surface area contributed by atoms with Crippen LogP contribution in [0.4, 0.5) is 0 Å². The molecule has 3 atom stereocenters. The van der Waals surface area contributed by atoms with Gasteiger partial charge in [-0.1, -0.05) is 17.3 Å². The SMILES string of the molecule is C[C@@H]1CC(NC(=O)c2cc(C3CC3)on2)CCN1C(=O)[C@@H](CN)Cc1ccc(O)cc1. The highest BCUT2D eigenvalue weighted by atomic mass is 16.5. The fourth-order valence-electron chi connectivity index (χ4n) is 4.27. The van der Waals surface area contributed by atoms with Gasteiger partial charge in [-0.2, -0.15) is 0 Å². The number of hydrogen-bond donors (Lipinski definition) is 3. The predicted molar refractivity (Wildman–Crippen MR) is 114 cm³/mol. The van der Waals surface area contributed by atoms with Gasteiger partial charge in [0, 0.05) is 37.2 Å². The van der Waals surface area contributed by atoms with Gasteiger partial charge < -0.3 is 25.6 Å². The number of hydrogen-bond acceptors (Lipinski definition) is 6. The first-order valence-electron chi connectivity index (χ1n) is 11.0. The molecule has 2 aliphatic rings. The van der Waals surface area contributed by atoms with Crippen molar-refractivity contribution >= 4 is 11.8 Å². The highest BCUT2D eigenvalue weighted by Crippen LogP contribution is 2.40. The van der Waals surface area contributed by atoms with Gasteiger partial charge >= 0.3 is 0 Å². The van der Waals surface area contributed by atoms with Crippen LogP contribution in [0.15, 0.2) is 34.9 Å². The van der Waals surface area contributed by atoms with E-state index in [9.17, 15) is 14.7 Å². The van der Waals surface area contributed by atoms with Gasteiger partial charge in [0.1, 0.15) is 11.5 Å². The van der Waals surface area contributed by atoms with Gasteiger partial charge in [-0.3, -0.25) is 9.59 Å². The summed E-state index contributed by atoms with van der Waals surface area (Å²) in [6.07, 6.45) is 4.09. The third-order valence-electron chi connectivity index (χ3n) is 6.29. The largest absolute Gasteiger partial charge is 0.508 e. The zero-order valence-electron chi connectivity index (χ0n) is 17.8. The lowest BCUT2D eigenvalue weighted by Gasteiger charge is -2.39. The van der Waals surface area contributed by atoms with Crippen LogP contribution in [0.25, 0.3) is 0 Å². The molecule has 166 valence electrons. The van der Waals surface area contributed by atoms with Gasteiger partial charge in [0.15, 0.2) is 5.69 Å². The molecule has 31 heavy (non-hydrogen) atoms. The number of carbonyl (C=O) groups excluding carboxylic acids is 2. The van der Waals surface area contributed by atoms with E-state index in [1.807, 2.05) is 24.0 Å². The van der Waals surface area contributed by atoms with Crippen molar-refractivity contribution in [3.05, 3.63) is 47.3 Å². The summed E-state index contributed by atoms with van der Waals surface area (Å²) in [7, 11) is 0. The smallest absolute Gasteiger partial charge is 0.273 e. The van der Waals surface area contributed by atoms with Crippen LogP contribution in [0.5, 0.6) is 5.75 Å². The van der Waals surface area contributed by atoms with E-state index in [1.165, 1.54) is 0 Å². The van der Waals surface area contributed by atoms with Crippen LogP contribution in [-0.4, -0.2) is 52.2 Å². The predicted octanol–water partition coefficient (Wildman–Crippen LogP) is 2.18. The fraction of sp³-hybridized carbons (Fsp3) is 0.522. The zero-order valence-corrected chi connectivity index (χ0v) is 17.8. The van der Waals surface area contributed by atoms with Crippen molar-refractivity contribution in [3.63, 3.8) is 0 Å². The van der Waals surface area contributed by atoms with E-state index in [2.05, 4.69) is 10.5 Å². The number of aromatic nitrogens is 1. The Morgan fingerprint density at radius 1 is 1.29 bits per heavy atom. The maximum Gasteiger partial charge on any atom is 0.273 e. The van der Waals surface area contributed by atoms with E-state index in [0.29, 0.717) is 37.4 Å². The summed E-state index contributed by atoms with van der Waals surface area (Å²) in [5.41, 5.74) is 7.21. The summed E-state index contributed by atoms with van der Waals surface area (Å²) in [4.78, 5) is 27.5. The Bertz CT molecular complexity index is 922. The maximum absolute atomic E-state index is 13.1. The number of amides is 2. The van der Waals surface area contributed by atoms with Crippen molar-refractivity contribution in [1.29, 1.82) is 0 Å². The molecule has 2 heterocycles. The van der Waals surface area contributed by atoms with Crippen molar-refractivity contribution in [1.82, 2.24) is 15.4 Å². The minimum Gasteiger partial charge on any atom is -0.508 e. The van der Waals surface area contributed by atoms with Gasteiger partial charge in [-0.25, -0.2) is 0 Å². The molecule has 8 heteroatoms. The van der Waals surface area contributed by atoms with Crippen LogP contribution in [0, 0.1) is 5.92 Å². The van der Waals surface area contributed by atoms with Gasteiger partial charge in [0.25, 0.3) is 5.91 Å². The average Bonchev–Trinajstić information content (AvgIpc) is 3.49. The van der Waals surface area contributed by atoms with Crippen LogP contribution in [0.1, 0.15) is 60.3 Å². The molecule has 1 aliphatic heterocycles. The summed E-state index contributed by atoms with van der Waals surface area (Å²) in [6.45, 7) is 2.84. The molecule has 2 aromatic rings. The van der Waals surface area contributed by atoms with E-state index in [-0.39, 0.29) is 42.1 Å². The first-order valence-corrected chi connectivity index (χ1v) is 11.0. The molecule has 1 saturated heterocycles. The number of piperidine rings is 1. The molecule has 2 fully saturated rings. The number of rotatable bonds is 7. The van der Waals surface area contributed by atoms with Crippen LogP contribution in [-0.2, 0) is 11.2 Å². The second-order valence-electron chi connectivity index (χ2n) is 8.77. The average molecular weight is 427 g/mol. The molecule has 1 aromatic carbocycles. The van der Waals surface area contributed by atoms with Gasteiger partial charge in [-0.15, -0.1) is 0 Å². The quantitative estimate of drug-likeness (QED) is 0.624. The molecule has 1 aromatic heterocycles. The molecule has 1 saturated carbocycles. The Labute approximate surface area is 181 Å². The number of carbonyl (C=O) groups is 2. The fourth-order valence-corrected chi connectivity index (χ4v) is 4.27. The number of benzene rings is 1. The number of phenolic OH excluding ortho intramolecular Hbond substituents is 1. The Kier molecular flexibility index (Phi) is 6.27. The summed E-state index contributed by atoms with van der Waals surface area (Å²) < 4.78 is 5.27. The number of aromatic hydroxyl groups is 1. The molecule has 8 nitrogen and oxygen atoms in total. The second-order valence-corrected chi connectivity index (χ2v) is 8.77.